The van der Waals surface area contributed by atoms with Crippen molar-refractivity contribution in [2.75, 3.05) is 5.32 Å². The third kappa shape index (κ3) is 4.57. The second-order valence-corrected chi connectivity index (χ2v) is 5.51. The molecule has 2 heterocycles. The van der Waals surface area contributed by atoms with Crippen molar-refractivity contribution in [3.63, 3.8) is 0 Å². The van der Waals surface area contributed by atoms with Crippen molar-refractivity contribution in [3.8, 4) is 0 Å². The standard InChI is InChI=1S/C10H9N3O2.C9H6FNO/c14-9-8(6-11-10(15)13-9)12-7-4-2-1-3-5-7;10-7-5-6-3-1-2-4-8(6)11-9(7)12/h1-6,12H,(H2,11,13,14,15);1-5H,(H,11,12). The number of halogens is 1. The summed E-state index contributed by atoms with van der Waals surface area (Å²) in [7, 11) is 0. The van der Waals surface area contributed by atoms with Gasteiger partial charge in [-0.05, 0) is 24.3 Å². The molecule has 2 aromatic carbocycles. The van der Waals surface area contributed by atoms with Crippen LogP contribution in [0.2, 0.25) is 0 Å². The highest BCUT2D eigenvalue weighted by Gasteiger charge is 2.00. The van der Waals surface area contributed by atoms with E-state index in [2.05, 4.69) is 20.3 Å². The van der Waals surface area contributed by atoms with Gasteiger partial charge in [0.1, 0.15) is 5.69 Å². The summed E-state index contributed by atoms with van der Waals surface area (Å²) in [5, 5.41) is 3.59. The molecule has 136 valence electrons. The monoisotopic (exact) mass is 366 g/mol. The smallest absolute Gasteiger partial charge is 0.325 e. The molecule has 0 atom stereocenters. The first-order valence-electron chi connectivity index (χ1n) is 7.94. The van der Waals surface area contributed by atoms with Gasteiger partial charge in [-0.3, -0.25) is 14.6 Å². The molecular formula is C19H15FN4O3. The summed E-state index contributed by atoms with van der Waals surface area (Å²) in [4.78, 5) is 39.8. The number of para-hydroxylation sites is 2. The number of aromatic nitrogens is 3. The lowest BCUT2D eigenvalue weighted by Gasteiger charge is -2.03. The van der Waals surface area contributed by atoms with Crippen LogP contribution in [0.15, 0.2) is 81.2 Å². The second-order valence-electron chi connectivity index (χ2n) is 5.51. The van der Waals surface area contributed by atoms with Gasteiger partial charge in [0.25, 0.3) is 11.1 Å². The number of nitrogens with one attached hydrogen (secondary N) is 4. The molecule has 0 spiro atoms. The van der Waals surface area contributed by atoms with Gasteiger partial charge in [-0.25, -0.2) is 9.18 Å². The minimum absolute atomic E-state index is 0.306. The summed E-state index contributed by atoms with van der Waals surface area (Å²) < 4.78 is 12.7. The lowest BCUT2D eigenvalue weighted by atomic mass is 10.2. The Morgan fingerprint density at radius 1 is 0.815 bits per heavy atom. The predicted octanol–water partition coefficient (Wildman–Crippen LogP) is 2.47. The molecule has 27 heavy (non-hydrogen) atoms. The Bertz CT molecular complexity index is 1230. The maximum atomic E-state index is 12.7. The number of rotatable bonds is 2. The lowest BCUT2D eigenvalue weighted by Crippen LogP contribution is -2.23. The fraction of sp³-hybridized carbons (Fsp3) is 0. The molecule has 0 bridgehead atoms. The largest absolute Gasteiger partial charge is 0.350 e. The first-order chi connectivity index (χ1) is 13.0. The molecule has 2 aromatic heterocycles. The number of hydrogen-bond acceptors (Lipinski definition) is 4. The molecule has 0 aliphatic carbocycles. The quantitative estimate of drug-likeness (QED) is 0.437. The van der Waals surface area contributed by atoms with Crippen molar-refractivity contribution >= 4 is 22.3 Å². The summed E-state index contributed by atoms with van der Waals surface area (Å²) in [6.07, 6.45) is 1.34. The minimum Gasteiger partial charge on any atom is -0.350 e. The van der Waals surface area contributed by atoms with Crippen molar-refractivity contribution in [2.24, 2.45) is 0 Å². The van der Waals surface area contributed by atoms with E-state index in [1.807, 2.05) is 30.3 Å². The van der Waals surface area contributed by atoms with Crippen LogP contribution in [0.5, 0.6) is 0 Å². The van der Waals surface area contributed by atoms with Crippen molar-refractivity contribution in [3.05, 3.63) is 104 Å². The Labute approximate surface area is 151 Å². The van der Waals surface area contributed by atoms with Gasteiger partial charge in [-0.15, -0.1) is 0 Å². The summed E-state index contributed by atoms with van der Waals surface area (Å²) in [6.45, 7) is 0. The van der Waals surface area contributed by atoms with Gasteiger partial charge in [0.2, 0.25) is 0 Å². The first kappa shape index (κ1) is 17.9. The Balaban J connectivity index is 0.000000159. The van der Waals surface area contributed by atoms with E-state index in [1.54, 1.807) is 24.3 Å². The van der Waals surface area contributed by atoms with Crippen LogP contribution in [0.25, 0.3) is 10.9 Å². The van der Waals surface area contributed by atoms with E-state index in [0.717, 1.165) is 5.69 Å². The Hall–Kier alpha value is -3.94. The number of aromatic amines is 3. The van der Waals surface area contributed by atoms with E-state index in [0.29, 0.717) is 16.6 Å². The maximum absolute atomic E-state index is 12.7. The molecule has 4 N–H and O–H groups in total. The highest BCUT2D eigenvalue weighted by Crippen LogP contribution is 2.10. The average molecular weight is 366 g/mol. The fourth-order valence-electron chi connectivity index (χ4n) is 2.30. The number of fused-ring (bicyclic) bond motifs is 1. The average Bonchev–Trinajstić information content (AvgIpc) is 2.66. The fourth-order valence-corrected chi connectivity index (χ4v) is 2.30. The van der Waals surface area contributed by atoms with E-state index >= 15 is 0 Å². The van der Waals surface area contributed by atoms with Crippen LogP contribution in [-0.4, -0.2) is 15.0 Å². The molecular weight excluding hydrogens is 351 g/mol. The summed E-state index contributed by atoms with van der Waals surface area (Å²) in [6, 6.07) is 17.5. The molecule has 8 heteroatoms. The van der Waals surface area contributed by atoms with Gasteiger partial charge in [0.05, 0.1) is 0 Å². The predicted molar refractivity (Wildman–Crippen MR) is 102 cm³/mol. The third-order valence-corrected chi connectivity index (χ3v) is 3.58. The number of H-pyrrole nitrogens is 3. The Morgan fingerprint density at radius 2 is 1.52 bits per heavy atom. The van der Waals surface area contributed by atoms with E-state index in [1.165, 1.54) is 12.3 Å². The van der Waals surface area contributed by atoms with Crippen LogP contribution >= 0.6 is 0 Å². The molecule has 0 fully saturated rings. The highest BCUT2D eigenvalue weighted by atomic mass is 19.1. The third-order valence-electron chi connectivity index (χ3n) is 3.58. The maximum Gasteiger partial charge on any atom is 0.325 e. The zero-order valence-electron chi connectivity index (χ0n) is 14.0. The van der Waals surface area contributed by atoms with Crippen LogP contribution < -0.4 is 22.1 Å². The summed E-state index contributed by atoms with van der Waals surface area (Å²) in [5.41, 5.74) is 0.120. The van der Waals surface area contributed by atoms with Crippen molar-refractivity contribution in [1.82, 2.24) is 15.0 Å². The minimum atomic E-state index is -0.742. The Kier molecular flexibility index (Phi) is 5.27. The molecule has 0 radical (unpaired) electrons. The highest BCUT2D eigenvalue weighted by molar-refractivity contribution is 5.77. The van der Waals surface area contributed by atoms with E-state index in [4.69, 9.17) is 0 Å². The van der Waals surface area contributed by atoms with Gasteiger partial charge in [-0.1, -0.05) is 36.4 Å². The van der Waals surface area contributed by atoms with E-state index in [9.17, 15) is 18.8 Å². The van der Waals surface area contributed by atoms with Crippen LogP contribution in [0.1, 0.15) is 0 Å². The van der Waals surface area contributed by atoms with Crippen LogP contribution in [0.3, 0.4) is 0 Å². The SMILES string of the molecule is O=c1[nH]c2ccccc2cc1F.O=c1[nH]cc(Nc2ccccc2)c(=O)[nH]1. The molecule has 0 saturated heterocycles. The molecule has 0 aliphatic rings. The van der Waals surface area contributed by atoms with Gasteiger partial charge in [0, 0.05) is 22.8 Å². The molecule has 7 nitrogen and oxygen atoms in total. The van der Waals surface area contributed by atoms with Gasteiger partial charge < -0.3 is 15.3 Å². The van der Waals surface area contributed by atoms with E-state index in [-0.39, 0.29) is 0 Å². The van der Waals surface area contributed by atoms with Gasteiger partial charge in [-0.2, -0.15) is 0 Å². The molecule has 4 aromatic rings. The molecule has 4 rings (SSSR count). The topological polar surface area (TPSA) is 111 Å². The van der Waals surface area contributed by atoms with Crippen LogP contribution in [-0.2, 0) is 0 Å². The number of hydrogen-bond donors (Lipinski definition) is 4. The summed E-state index contributed by atoms with van der Waals surface area (Å²) >= 11 is 0. The zero-order valence-corrected chi connectivity index (χ0v) is 14.0. The van der Waals surface area contributed by atoms with Crippen molar-refractivity contribution < 1.29 is 4.39 Å². The first-order valence-corrected chi connectivity index (χ1v) is 7.94. The number of benzene rings is 2. The molecule has 0 saturated carbocycles. The second kappa shape index (κ2) is 7.96. The van der Waals surface area contributed by atoms with Crippen molar-refractivity contribution in [1.29, 1.82) is 0 Å². The van der Waals surface area contributed by atoms with Crippen LogP contribution in [0, 0.1) is 5.82 Å². The van der Waals surface area contributed by atoms with Crippen molar-refractivity contribution in [2.45, 2.75) is 0 Å². The normalized spacial score (nSPS) is 10.1. The summed E-state index contributed by atoms with van der Waals surface area (Å²) in [5.74, 6) is -0.742. The van der Waals surface area contributed by atoms with Gasteiger partial charge in [0.15, 0.2) is 5.82 Å². The number of pyridine rings is 1. The molecule has 0 aliphatic heterocycles. The van der Waals surface area contributed by atoms with Crippen LogP contribution in [0.4, 0.5) is 15.8 Å². The van der Waals surface area contributed by atoms with Gasteiger partial charge >= 0.3 is 5.69 Å². The molecule has 0 amide bonds. The number of anilines is 2. The lowest BCUT2D eigenvalue weighted by molar-refractivity contribution is 0.612. The van der Waals surface area contributed by atoms with E-state index < -0.39 is 22.6 Å². The molecule has 0 unspecified atom stereocenters. The zero-order chi connectivity index (χ0) is 19.2. The Morgan fingerprint density at radius 3 is 2.26 bits per heavy atom.